The normalized spacial score (nSPS) is 15.5. The number of hydrogen-bond donors (Lipinski definition) is 0. The van der Waals surface area contributed by atoms with Crippen molar-refractivity contribution in [2.24, 2.45) is 0 Å². The molecular formula is C13H13N3O2S. The lowest BCUT2D eigenvalue weighted by Crippen LogP contribution is -2.40. The van der Waals surface area contributed by atoms with Gasteiger partial charge < -0.3 is 9.64 Å². The summed E-state index contributed by atoms with van der Waals surface area (Å²) in [5.41, 5.74) is 3.09. The molecule has 0 bridgehead atoms. The summed E-state index contributed by atoms with van der Waals surface area (Å²) in [7, 11) is 0. The van der Waals surface area contributed by atoms with Crippen LogP contribution in [0.25, 0.3) is 10.6 Å². The van der Waals surface area contributed by atoms with Crippen LogP contribution in [0.2, 0.25) is 0 Å². The second-order valence-electron chi connectivity index (χ2n) is 4.17. The summed E-state index contributed by atoms with van der Waals surface area (Å²) in [6.07, 6.45) is 3.44. The van der Waals surface area contributed by atoms with Crippen LogP contribution in [0.3, 0.4) is 0 Å². The molecule has 98 valence electrons. The Morgan fingerprint density at radius 3 is 2.95 bits per heavy atom. The van der Waals surface area contributed by atoms with E-state index in [0.29, 0.717) is 37.6 Å². The van der Waals surface area contributed by atoms with Crippen molar-refractivity contribution in [1.29, 1.82) is 0 Å². The third-order valence-corrected chi connectivity index (χ3v) is 3.78. The van der Waals surface area contributed by atoms with Crippen LogP contribution in [0.1, 0.15) is 10.4 Å². The van der Waals surface area contributed by atoms with Gasteiger partial charge in [0, 0.05) is 25.5 Å². The summed E-state index contributed by atoms with van der Waals surface area (Å²) in [4.78, 5) is 23.6. The van der Waals surface area contributed by atoms with E-state index in [-0.39, 0.29) is 5.91 Å². The van der Waals surface area contributed by atoms with Gasteiger partial charge in [-0.3, -0.25) is 14.8 Å². The molecule has 6 heteroatoms. The predicted molar refractivity (Wildman–Crippen MR) is 72.1 cm³/mol. The van der Waals surface area contributed by atoms with Crippen molar-refractivity contribution in [3.63, 3.8) is 0 Å². The molecule has 3 rings (SSSR count). The Hall–Kier alpha value is -1.79. The van der Waals surface area contributed by atoms with Crippen molar-refractivity contribution < 1.29 is 9.53 Å². The van der Waals surface area contributed by atoms with Crippen molar-refractivity contribution in [2.45, 2.75) is 0 Å². The molecule has 0 aromatic carbocycles. The summed E-state index contributed by atoms with van der Waals surface area (Å²) < 4.78 is 5.27. The van der Waals surface area contributed by atoms with Gasteiger partial charge in [-0.15, -0.1) is 11.3 Å². The summed E-state index contributed by atoms with van der Waals surface area (Å²) in [6.45, 7) is 2.47. The maximum atomic E-state index is 12.5. The van der Waals surface area contributed by atoms with Gasteiger partial charge in [-0.2, -0.15) is 0 Å². The zero-order chi connectivity index (χ0) is 13.1. The number of morpholine rings is 1. The fourth-order valence-electron chi connectivity index (χ4n) is 2.04. The first-order valence-electron chi connectivity index (χ1n) is 6.07. The van der Waals surface area contributed by atoms with Gasteiger partial charge in [0.2, 0.25) is 0 Å². The Bertz CT molecular complexity index is 565. The van der Waals surface area contributed by atoms with E-state index in [1.165, 1.54) is 11.3 Å². The minimum Gasteiger partial charge on any atom is -0.378 e. The minimum atomic E-state index is 0.0137. The second-order valence-corrected chi connectivity index (χ2v) is 5.06. The SMILES string of the molecule is O=C(c1cccnc1-c1cncs1)N1CCOCC1. The molecule has 19 heavy (non-hydrogen) atoms. The smallest absolute Gasteiger partial charge is 0.256 e. The number of carbonyl (C=O) groups is 1. The summed E-state index contributed by atoms with van der Waals surface area (Å²) >= 11 is 1.49. The molecule has 2 aromatic rings. The van der Waals surface area contributed by atoms with Crippen LogP contribution in [-0.4, -0.2) is 47.1 Å². The van der Waals surface area contributed by atoms with Crippen LogP contribution in [0, 0.1) is 0 Å². The molecule has 1 aliphatic rings. The first-order valence-corrected chi connectivity index (χ1v) is 6.95. The molecule has 1 fully saturated rings. The monoisotopic (exact) mass is 275 g/mol. The topological polar surface area (TPSA) is 55.3 Å². The standard InChI is InChI=1S/C13H13N3O2S/c17-13(16-4-6-18-7-5-16)10-2-1-3-15-12(10)11-8-14-9-19-11/h1-3,8-9H,4-7H2. The molecule has 0 spiro atoms. The fourth-order valence-corrected chi connectivity index (χ4v) is 2.68. The molecule has 1 aliphatic heterocycles. The lowest BCUT2D eigenvalue weighted by Gasteiger charge is -2.27. The highest BCUT2D eigenvalue weighted by atomic mass is 32.1. The molecule has 0 radical (unpaired) electrons. The van der Waals surface area contributed by atoms with Crippen LogP contribution in [0.5, 0.6) is 0 Å². The number of rotatable bonds is 2. The average molecular weight is 275 g/mol. The Morgan fingerprint density at radius 2 is 2.21 bits per heavy atom. The highest BCUT2D eigenvalue weighted by molar-refractivity contribution is 7.13. The number of hydrogen-bond acceptors (Lipinski definition) is 5. The molecule has 0 unspecified atom stereocenters. The molecule has 1 amide bonds. The van der Waals surface area contributed by atoms with Crippen LogP contribution in [-0.2, 0) is 4.74 Å². The minimum absolute atomic E-state index is 0.0137. The summed E-state index contributed by atoms with van der Waals surface area (Å²) in [5, 5.41) is 0. The van der Waals surface area contributed by atoms with Gasteiger partial charge in [-0.05, 0) is 12.1 Å². The van der Waals surface area contributed by atoms with E-state index in [1.54, 1.807) is 24.0 Å². The first-order chi connectivity index (χ1) is 9.36. The van der Waals surface area contributed by atoms with Crippen molar-refractivity contribution in [2.75, 3.05) is 26.3 Å². The van der Waals surface area contributed by atoms with Crippen molar-refractivity contribution in [3.8, 4) is 10.6 Å². The van der Waals surface area contributed by atoms with Gasteiger partial charge >= 0.3 is 0 Å². The largest absolute Gasteiger partial charge is 0.378 e. The van der Waals surface area contributed by atoms with Gasteiger partial charge in [-0.25, -0.2) is 0 Å². The highest BCUT2D eigenvalue weighted by Crippen LogP contribution is 2.25. The van der Waals surface area contributed by atoms with E-state index in [1.807, 2.05) is 11.0 Å². The number of amides is 1. The van der Waals surface area contributed by atoms with Gasteiger partial charge in [0.15, 0.2) is 0 Å². The molecule has 2 aromatic heterocycles. The molecular weight excluding hydrogens is 262 g/mol. The van der Waals surface area contributed by atoms with Crippen LogP contribution in [0.15, 0.2) is 30.0 Å². The van der Waals surface area contributed by atoms with Crippen LogP contribution in [0.4, 0.5) is 0 Å². The Balaban J connectivity index is 1.94. The van der Waals surface area contributed by atoms with Crippen LogP contribution < -0.4 is 0 Å². The number of ether oxygens (including phenoxy) is 1. The Labute approximate surface area is 114 Å². The second kappa shape index (κ2) is 5.46. The highest BCUT2D eigenvalue weighted by Gasteiger charge is 2.22. The molecule has 0 atom stereocenters. The lowest BCUT2D eigenvalue weighted by atomic mass is 10.1. The number of aromatic nitrogens is 2. The number of carbonyl (C=O) groups excluding carboxylic acids is 1. The maximum Gasteiger partial charge on any atom is 0.256 e. The number of nitrogens with zero attached hydrogens (tertiary/aromatic N) is 3. The molecule has 0 saturated carbocycles. The maximum absolute atomic E-state index is 12.5. The number of thiazole rings is 1. The van der Waals surface area contributed by atoms with E-state index >= 15 is 0 Å². The molecule has 3 heterocycles. The van der Waals surface area contributed by atoms with Gasteiger partial charge in [0.25, 0.3) is 5.91 Å². The van der Waals surface area contributed by atoms with Gasteiger partial charge in [0.05, 0.1) is 34.9 Å². The predicted octanol–water partition coefficient (Wildman–Crippen LogP) is 1.68. The van der Waals surface area contributed by atoms with E-state index < -0.39 is 0 Å². The average Bonchev–Trinajstić information content (AvgIpc) is 3.01. The first kappa shape index (κ1) is 12.3. The molecule has 0 N–H and O–H groups in total. The zero-order valence-electron chi connectivity index (χ0n) is 10.3. The van der Waals surface area contributed by atoms with E-state index in [0.717, 1.165) is 4.88 Å². The van der Waals surface area contributed by atoms with Gasteiger partial charge in [-0.1, -0.05) is 0 Å². The summed E-state index contributed by atoms with van der Waals surface area (Å²) in [5.74, 6) is 0.0137. The van der Waals surface area contributed by atoms with E-state index in [2.05, 4.69) is 9.97 Å². The van der Waals surface area contributed by atoms with Gasteiger partial charge in [0.1, 0.15) is 0 Å². The number of pyridine rings is 1. The lowest BCUT2D eigenvalue weighted by molar-refractivity contribution is 0.0303. The Kier molecular flexibility index (Phi) is 3.52. The van der Waals surface area contributed by atoms with E-state index in [4.69, 9.17) is 4.74 Å². The third kappa shape index (κ3) is 2.50. The van der Waals surface area contributed by atoms with Crippen LogP contribution >= 0.6 is 11.3 Å². The molecule has 5 nitrogen and oxygen atoms in total. The van der Waals surface area contributed by atoms with E-state index in [9.17, 15) is 4.79 Å². The van der Waals surface area contributed by atoms with Crippen molar-refractivity contribution in [1.82, 2.24) is 14.9 Å². The molecule has 1 saturated heterocycles. The van der Waals surface area contributed by atoms with Crippen molar-refractivity contribution in [3.05, 3.63) is 35.6 Å². The fraction of sp³-hybridized carbons (Fsp3) is 0.308. The third-order valence-electron chi connectivity index (χ3n) is 3.00. The van der Waals surface area contributed by atoms with Crippen molar-refractivity contribution >= 4 is 17.2 Å². The quantitative estimate of drug-likeness (QED) is 0.836. The Morgan fingerprint density at radius 1 is 1.37 bits per heavy atom. The molecule has 0 aliphatic carbocycles. The zero-order valence-corrected chi connectivity index (χ0v) is 11.1. The summed E-state index contributed by atoms with van der Waals surface area (Å²) in [6, 6.07) is 3.61.